The van der Waals surface area contributed by atoms with Crippen LogP contribution >= 0.6 is 0 Å². The van der Waals surface area contributed by atoms with Crippen molar-refractivity contribution < 1.29 is 0 Å². The first-order valence-electron chi connectivity index (χ1n) is 7.18. The second kappa shape index (κ2) is 7.34. The Morgan fingerprint density at radius 2 is 1.82 bits per heavy atom. The fraction of sp³-hybridized carbons (Fsp3) is 1.00. The van der Waals surface area contributed by atoms with Crippen LogP contribution in [0.4, 0.5) is 0 Å². The Kier molecular flexibility index (Phi) is 6.45. The van der Waals surface area contributed by atoms with Gasteiger partial charge in [0.05, 0.1) is 0 Å². The van der Waals surface area contributed by atoms with Crippen molar-refractivity contribution in [2.45, 2.75) is 58.2 Å². The molecule has 0 aromatic heterocycles. The minimum Gasteiger partial charge on any atom is -0.314 e. The summed E-state index contributed by atoms with van der Waals surface area (Å²) in [7, 11) is 4.41. The molecule has 1 fully saturated rings. The van der Waals surface area contributed by atoms with Gasteiger partial charge in [0.2, 0.25) is 0 Å². The van der Waals surface area contributed by atoms with Gasteiger partial charge in [-0.05, 0) is 66.8 Å². The maximum absolute atomic E-state index is 3.51. The van der Waals surface area contributed by atoms with Crippen LogP contribution in [0.25, 0.3) is 0 Å². The number of likely N-dealkylation sites (tertiary alicyclic amines) is 1. The number of rotatable bonds is 6. The largest absolute Gasteiger partial charge is 0.314 e. The molecule has 0 radical (unpaired) electrons. The first-order valence-corrected chi connectivity index (χ1v) is 7.18. The van der Waals surface area contributed by atoms with Gasteiger partial charge in [0.1, 0.15) is 0 Å². The van der Waals surface area contributed by atoms with E-state index in [1.807, 2.05) is 0 Å². The highest BCUT2D eigenvalue weighted by Gasteiger charge is 2.24. The lowest BCUT2D eigenvalue weighted by molar-refractivity contribution is 0.107. The van der Waals surface area contributed by atoms with Crippen LogP contribution in [0.1, 0.15) is 40.0 Å². The second-order valence-electron chi connectivity index (χ2n) is 5.77. The molecular weight excluding hydrogens is 210 g/mol. The molecule has 1 rings (SSSR count). The minimum absolute atomic E-state index is 0.640. The highest BCUT2D eigenvalue weighted by molar-refractivity contribution is 4.81. The van der Waals surface area contributed by atoms with E-state index in [2.05, 4.69) is 50.0 Å². The fourth-order valence-electron chi connectivity index (χ4n) is 2.94. The average Bonchev–Trinajstić information content (AvgIpc) is 2.29. The Bertz CT molecular complexity index is 198. The zero-order valence-electron chi connectivity index (χ0n) is 12.4. The van der Waals surface area contributed by atoms with Crippen molar-refractivity contribution in [2.75, 3.05) is 33.7 Å². The normalized spacial score (nSPS) is 22.9. The first kappa shape index (κ1) is 14.9. The van der Waals surface area contributed by atoms with E-state index < -0.39 is 0 Å². The van der Waals surface area contributed by atoms with Crippen LogP contribution < -0.4 is 5.32 Å². The van der Waals surface area contributed by atoms with Gasteiger partial charge in [-0.25, -0.2) is 0 Å². The van der Waals surface area contributed by atoms with Crippen molar-refractivity contribution in [1.82, 2.24) is 15.1 Å². The van der Waals surface area contributed by atoms with E-state index in [-0.39, 0.29) is 0 Å². The molecule has 1 saturated heterocycles. The zero-order chi connectivity index (χ0) is 12.8. The third-order valence-electron chi connectivity index (χ3n) is 4.10. The summed E-state index contributed by atoms with van der Waals surface area (Å²) in [6.45, 7) is 10.5. The van der Waals surface area contributed by atoms with Crippen LogP contribution in [0.15, 0.2) is 0 Å². The zero-order valence-corrected chi connectivity index (χ0v) is 12.4. The number of nitrogens with zero attached hydrogens (tertiary/aromatic N) is 2. The van der Waals surface area contributed by atoms with Gasteiger partial charge in [0.15, 0.2) is 0 Å². The Hall–Kier alpha value is -0.120. The van der Waals surface area contributed by atoms with Crippen molar-refractivity contribution in [2.24, 2.45) is 0 Å². The molecule has 102 valence electrons. The Balaban J connectivity index is 2.28. The number of hydrogen-bond donors (Lipinski definition) is 1. The summed E-state index contributed by atoms with van der Waals surface area (Å²) in [5.41, 5.74) is 0. The maximum atomic E-state index is 3.51. The predicted octanol–water partition coefficient (Wildman–Crippen LogP) is 1.79. The standard InChI is InChI=1S/C14H31N3/c1-6-15-12(2)11-13(3)17-9-7-14(8-10-17)16(4)5/h12-15H,6-11H2,1-5H3. The van der Waals surface area contributed by atoms with Crippen LogP contribution in [0.5, 0.6) is 0 Å². The minimum atomic E-state index is 0.640. The van der Waals surface area contributed by atoms with E-state index in [9.17, 15) is 0 Å². The number of hydrogen-bond acceptors (Lipinski definition) is 3. The SMILES string of the molecule is CCNC(C)CC(C)N1CCC(N(C)C)CC1. The van der Waals surface area contributed by atoms with Crippen molar-refractivity contribution >= 4 is 0 Å². The molecule has 0 amide bonds. The molecule has 1 aliphatic rings. The molecule has 3 nitrogen and oxygen atoms in total. The van der Waals surface area contributed by atoms with Crippen molar-refractivity contribution in [1.29, 1.82) is 0 Å². The van der Waals surface area contributed by atoms with E-state index in [0.717, 1.165) is 12.6 Å². The lowest BCUT2D eigenvalue weighted by Crippen LogP contribution is -2.47. The average molecular weight is 241 g/mol. The quantitative estimate of drug-likeness (QED) is 0.765. The summed E-state index contributed by atoms with van der Waals surface area (Å²) >= 11 is 0. The van der Waals surface area contributed by atoms with Gasteiger partial charge >= 0.3 is 0 Å². The number of piperidine rings is 1. The molecule has 3 heteroatoms. The van der Waals surface area contributed by atoms with Gasteiger partial charge in [-0.2, -0.15) is 0 Å². The molecule has 1 aliphatic heterocycles. The monoisotopic (exact) mass is 241 g/mol. The fourth-order valence-corrected chi connectivity index (χ4v) is 2.94. The van der Waals surface area contributed by atoms with E-state index in [0.29, 0.717) is 12.1 Å². The lowest BCUT2D eigenvalue weighted by Gasteiger charge is -2.39. The third kappa shape index (κ3) is 4.94. The molecule has 2 atom stereocenters. The second-order valence-corrected chi connectivity index (χ2v) is 5.77. The molecule has 0 bridgehead atoms. The topological polar surface area (TPSA) is 18.5 Å². The molecule has 1 N–H and O–H groups in total. The van der Waals surface area contributed by atoms with E-state index in [4.69, 9.17) is 0 Å². The predicted molar refractivity (Wildman–Crippen MR) is 75.5 cm³/mol. The molecule has 0 saturated carbocycles. The highest BCUT2D eigenvalue weighted by atomic mass is 15.2. The van der Waals surface area contributed by atoms with Crippen LogP contribution in [-0.2, 0) is 0 Å². The van der Waals surface area contributed by atoms with Crippen LogP contribution in [0.3, 0.4) is 0 Å². The molecule has 2 unspecified atom stereocenters. The smallest absolute Gasteiger partial charge is 0.0113 e. The van der Waals surface area contributed by atoms with Gasteiger partial charge in [0, 0.05) is 18.1 Å². The molecular formula is C14H31N3. The van der Waals surface area contributed by atoms with E-state index in [1.54, 1.807) is 0 Å². The highest BCUT2D eigenvalue weighted by Crippen LogP contribution is 2.18. The molecule has 17 heavy (non-hydrogen) atoms. The van der Waals surface area contributed by atoms with Gasteiger partial charge in [-0.1, -0.05) is 6.92 Å². The molecule has 1 heterocycles. The first-order chi connectivity index (χ1) is 8.04. The van der Waals surface area contributed by atoms with Gasteiger partial charge < -0.3 is 15.1 Å². The summed E-state index contributed by atoms with van der Waals surface area (Å²) in [4.78, 5) is 5.04. The van der Waals surface area contributed by atoms with E-state index in [1.165, 1.54) is 32.4 Å². The molecule has 0 aliphatic carbocycles. The van der Waals surface area contributed by atoms with E-state index >= 15 is 0 Å². The van der Waals surface area contributed by atoms with Crippen LogP contribution in [0, 0.1) is 0 Å². The Morgan fingerprint density at radius 1 is 1.24 bits per heavy atom. The van der Waals surface area contributed by atoms with Gasteiger partial charge in [-0.3, -0.25) is 0 Å². The third-order valence-corrected chi connectivity index (χ3v) is 4.10. The Labute approximate surface area is 108 Å². The van der Waals surface area contributed by atoms with Crippen LogP contribution in [0.2, 0.25) is 0 Å². The van der Waals surface area contributed by atoms with Crippen LogP contribution in [-0.4, -0.2) is 61.7 Å². The summed E-state index contributed by atoms with van der Waals surface area (Å²) in [6.07, 6.45) is 3.92. The maximum Gasteiger partial charge on any atom is 0.0113 e. The molecule has 0 aromatic carbocycles. The summed E-state index contributed by atoms with van der Waals surface area (Å²) in [6, 6.07) is 2.15. The number of nitrogens with one attached hydrogen (secondary N) is 1. The summed E-state index contributed by atoms with van der Waals surface area (Å²) < 4.78 is 0. The van der Waals surface area contributed by atoms with Gasteiger partial charge in [-0.15, -0.1) is 0 Å². The molecule has 0 aromatic rings. The Morgan fingerprint density at radius 3 is 2.29 bits per heavy atom. The van der Waals surface area contributed by atoms with Gasteiger partial charge in [0.25, 0.3) is 0 Å². The molecule has 0 spiro atoms. The van der Waals surface area contributed by atoms with Crippen molar-refractivity contribution in [3.63, 3.8) is 0 Å². The van der Waals surface area contributed by atoms with Crippen molar-refractivity contribution in [3.05, 3.63) is 0 Å². The summed E-state index contributed by atoms with van der Waals surface area (Å²) in [5, 5.41) is 3.51. The summed E-state index contributed by atoms with van der Waals surface area (Å²) in [5.74, 6) is 0. The van der Waals surface area contributed by atoms with Crippen molar-refractivity contribution in [3.8, 4) is 0 Å². The lowest BCUT2D eigenvalue weighted by atomic mass is 10.0.